The highest BCUT2D eigenvalue weighted by atomic mass is 35.5. The Morgan fingerprint density at radius 2 is 1.93 bits per heavy atom. The van der Waals surface area contributed by atoms with Crippen LogP contribution in [0.3, 0.4) is 0 Å². The number of non-ortho nitro benzene ring substituents is 1. The summed E-state index contributed by atoms with van der Waals surface area (Å²) in [5.41, 5.74) is 1.24. The second kappa shape index (κ2) is 8.69. The van der Waals surface area contributed by atoms with E-state index in [0.29, 0.717) is 28.8 Å². The predicted molar refractivity (Wildman–Crippen MR) is 106 cm³/mol. The van der Waals surface area contributed by atoms with E-state index in [9.17, 15) is 14.9 Å². The first-order chi connectivity index (χ1) is 12.9. The van der Waals surface area contributed by atoms with Crippen LogP contribution in [0.4, 0.5) is 11.4 Å². The molecule has 1 aliphatic heterocycles. The third-order valence-electron chi connectivity index (χ3n) is 4.64. The SMILES string of the molecule is O=C(Nc1cccc([N+](=O)[O-])c1)[C@H]1CCCN(Cc2c(Cl)cccc2Cl)C1. The first-order valence-electron chi connectivity index (χ1n) is 8.64. The number of rotatable bonds is 5. The van der Waals surface area contributed by atoms with Crippen molar-refractivity contribution < 1.29 is 9.72 Å². The monoisotopic (exact) mass is 407 g/mol. The van der Waals surface area contributed by atoms with Crippen molar-refractivity contribution in [1.82, 2.24) is 4.90 Å². The van der Waals surface area contributed by atoms with Gasteiger partial charge in [-0.1, -0.05) is 35.3 Å². The molecule has 1 saturated heterocycles. The molecular weight excluding hydrogens is 389 g/mol. The third kappa shape index (κ3) is 4.97. The maximum absolute atomic E-state index is 12.6. The molecule has 3 rings (SSSR count). The summed E-state index contributed by atoms with van der Waals surface area (Å²) in [6.45, 7) is 2.03. The summed E-state index contributed by atoms with van der Waals surface area (Å²) in [6, 6.07) is 11.4. The van der Waals surface area contributed by atoms with Crippen LogP contribution >= 0.6 is 23.2 Å². The molecule has 0 radical (unpaired) electrons. The standard InChI is InChI=1S/C19H19Cl2N3O3/c20-17-7-2-8-18(21)16(17)12-23-9-3-4-13(11-23)19(25)22-14-5-1-6-15(10-14)24(26)27/h1-2,5-8,10,13H,3-4,9,11-12H2,(H,22,25)/t13-/m0/s1. The Morgan fingerprint density at radius 1 is 1.22 bits per heavy atom. The summed E-state index contributed by atoms with van der Waals surface area (Å²) < 4.78 is 0. The minimum Gasteiger partial charge on any atom is -0.326 e. The molecule has 8 heteroatoms. The molecule has 0 aliphatic carbocycles. The van der Waals surface area contributed by atoms with Gasteiger partial charge in [-0.25, -0.2) is 0 Å². The van der Waals surface area contributed by atoms with E-state index in [2.05, 4.69) is 10.2 Å². The van der Waals surface area contributed by atoms with Crippen molar-refractivity contribution in [2.75, 3.05) is 18.4 Å². The number of amides is 1. The Balaban J connectivity index is 1.64. The Morgan fingerprint density at radius 3 is 2.63 bits per heavy atom. The van der Waals surface area contributed by atoms with Gasteiger partial charge in [0.1, 0.15) is 0 Å². The van der Waals surface area contributed by atoms with Crippen LogP contribution in [-0.2, 0) is 11.3 Å². The number of nitro groups is 1. The minimum atomic E-state index is -0.481. The van der Waals surface area contributed by atoms with E-state index in [4.69, 9.17) is 23.2 Å². The van der Waals surface area contributed by atoms with Gasteiger partial charge in [-0.2, -0.15) is 0 Å². The molecule has 0 unspecified atom stereocenters. The summed E-state index contributed by atoms with van der Waals surface area (Å²) >= 11 is 12.5. The molecule has 2 aromatic carbocycles. The maximum Gasteiger partial charge on any atom is 0.271 e. The molecule has 1 aliphatic rings. The molecule has 0 aromatic heterocycles. The lowest BCUT2D eigenvalue weighted by atomic mass is 9.96. The number of nitrogens with one attached hydrogen (secondary N) is 1. The van der Waals surface area contributed by atoms with Crippen molar-refractivity contribution in [2.45, 2.75) is 19.4 Å². The van der Waals surface area contributed by atoms with Gasteiger partial charge < -0.3 is 5.32 Å². The predicted octanol–water partition coefficient (Wildman–Crippen LogP) is 4.75. The van der Waals surface area contributed by atoms with Crippen LogP contribution in [0.15, 0.2) is 42.5 Å². The number of carbonyl (C=O) groups is 1. The number of hydrogen-bond donors (Lipinski definition) is 1. The number of nitrogens with zero attached hydrogens (tertiary/aromatic N) is 2. The number of piperidine rings is 1. The van der Waals surface area contributed by atoms with Crippen molar-refractivity contribution in [1.29, 1.82) is 0 Å². The van der Waals surface area contributed by atoms with Gasteiger partial charge in [-0.15, -0.1) is 0 Å². The zero-order valence-corrected chi connectivity index (χ0v) is 16.0. The van der Waals surface area contributed by atoms with Crippen molar-refractivity contribution in [3.05, 3.63) is 68.2 Å². The summed E-state index contributed by atoms with van der Waals surface area (Å²) in [6.07, 6.45) is 1.66. The molecule has 0 bridgehead atoms. The maximum atomic E-state index is 12.6. The molecule has 1 amide bonds. The fraction of sp³-hybridized carbons (Fsp3) is 0.316. The van der Waals surface area contributed by atoms with Gasteiger partial charge in [0.25, 0.3) is 5.69 Å². The van der Waals surface area contributed by atoms with Gasteiger partial charge >= 0.3 is 0 Å². The van der Waals surface area contributed by atoms with E-state index in [1.54, 1.807) is 30.3 Å². The van der Waals surface area contributed by atoms with E-state index in [1.807, 2.05) is 0 Å². The number of carbonyl (C=O) groups excluding carboxylic acids is 1. The fourth-order valence-electron chi connectivity index (χ4n) is 3.26. The number of anilines is 1. The average Bonchev–Trinajstić information content (AvgIpc) is 2.65. The highest BCUT2D eigenvalue weighted by molar-refractivity contribution is 6.35. The fourth-order valence-corrected chi connectivity index (χ4v) is 3.78. The molecule has 27 heavy (non-hydrogen) atoms. The summed E-state index contributed by atoms with van der Waals surface area (Å²) in [7, 11) is 0. The van der Waals surface area contributed by atoms with E-state index in [1.165, 1.54) is 12.1 Å². The summed E-state index contributed by atoms with van der Waals surface area (Å²) in [5, 5.41) is 14.9. The highest BCUT2D eigenvalue weighted by Gasteiger charge is 2.27. The molecule has 142 valence electrons. The lowest BCUT2D eigenvalue weighted by Gasteiger charge is -2.32. The molecule has 0 saturated carbocycles. The van der Waals surface area contributed by atoms with Gasteiger partial charge in [0.05, 0.1) is 10.8 Å². The number of benzene rings is 2. The number of halogens is 2. The van der Waals surface area contributed by atoms with Crippen LogP contribution in [0.1, 0.15) is 18.4 Å². The normalized spacial score (nSPS) is 17.5. The molecule has 1 heterocycles. The van der Waals surface area contributed by atoms with Crippen molar-refractivity contribution in [2.24, 2.45) is 5.92 Å². The first-order valence-corrected chi connectivity index (χ1v) is 9.40. The summed E-state index contributed by atoms with van der Waals surface area (Å²) in [5.74, 6) is -0.329. The van der Waals surface area contributed by atoms with Gasteiger partial charge in [-0.3, -0.25) is 19.8 Å². The van der Waals surface area contributed by atoms with Crippen molar-refractivity contribution in [3.8, 4) is 0 Å². The minimum absolute atomic E-state index is 0.0496. The van der Waals surface area contributed by atoms with E-state index < -0.39 is 4.92 Å². The quantitative estimate of drug-likeness (QED) is 0.572. The van der Waals surface area contributed by atoms with E-state index in [-0.39, 0.29) is 17.5 Å². The van der Waals surface area contributed by atoms with Crippen LogP contribution < -0.4 is 5.32 Å². The zero-order chi connectivity index (χ0) is 19.4. The van der Waals surface area contributed by atoms with Crippen LogP contribution in [0.5, 0.6) is 0 Å². The van der Waals surface area contributed by atoms with E-state index in [0.717, 1.165) is 24.9 Å². The largest absolute Gasteiger partial charge is 0.326 e. The molecule has 1 N–H and O–H groups in total. The van der Waals surface area contributed by atoms with Crippen LogP contribution in [0.2, 0.25) is 10.0 Å². The Kier molecular flexibility index (Phi) is 6.31. The average molecular weight is 408 g/mol. The topological polar surface area (TPSA) is 75.5 Å². The van der Waals surface area contributed by atoms with Crippen molar-refractivity contribution in [3.63, 3.8) is 0 Å². The van der Waals surface area contributed by atoms with Crippen LogP contribution in [-0.4, -0.2) is 28.8 Å². The number of nitro benzene ring substituents is 1. The second-order valence-corrected chi connectivity index (χ2v) is 7.39. The van der Waals surface area contributed by atoms with Crippen LogP contribution in [0.25, 0.3) is 0 Å². The van der Waals surface area contributed by atoms with Crippen molar-refractivity contribution >= 4 is 40.5 Å². The zero-order valence-electron chi connectivity index (χ0n) is 14.5. The smallest absolute Gasteiger partial charge is 0.271 e. The second-order valence-electron chi connectivity index (χ2n) is 6.57. The Hall–Kier alpha value is -2.15. The van der Waals surface area contributed by atoms with E-state index >= 15 is 0 Å². The summed E-state index contributed by atoms with van der Waals surface area (Å²) in [4.78, 5) is 25.2. The lowest BCUT2D eigenvalue weighted by Crippen LogP contribution is -2.40. The third-order valence-corrected chi connectivity index (χ3v) is 5.35. The molecule has 1 fully saturated rings. The molecule has 1 atom stereocenters. The number of likely N-dealkylation sites (tertiary alicyclic amines) is 1. The van der Waals surface area contributed by atoms with Gasteiger partial charge in [0.2, 0.25) is 5.91 Å². The Bertz CT molecular complexity index is 840. The first kappa shape index (κ1) is 19.6. The molecular formula is C19H19Cl2N3O3. The van der Waals surface area contributed by atoms with Gasteiger partial charge in [0, 0.05) is 46.5 Å². The van der Waals surface area contributed by atoms with Gasteiger partial charge in [0.15, 0.2) is 0 Å². The highest BCUT2D eigenvalue weighted by Crippen LogP contribution is 2.28. The molecule has 6 nitrogen and oxygen atoms in total. The molecule has 0 spiro atoms. The Labute approximate surface area is 167 Å². The van der Waals surface area contributed by atoms with Gasteiger partial charge in [-0.05, 0) is 37.6 Å². The molecule has 2 aromatic rings. The van der Waals surface area contributed by atoms with Crippen LogP contribution in [0, 0.1) is 16.0 Å². The lowest BCUT2D eigenvalue weighted by molar-refractivity contribution is -0.384. The number of hydrogen-bond acceptors (Lipinski definition) is 4.